The number of nitrogens with one attached hydrogen (secondary N) is 1. The molecule has 1 aliphatic rings. The Morgan fingerprint density at radius 2 is 1.90 bits per heavy atom. The molecule has 2 heterocycles. The van der Waals surface area contributed by atoms with Crippen LogP contribution in [-0.2, 0) is 0 Å². The van der Waals surface area contributed by atoms with Gasteiger partial charge in [-0.1, -0.05) is 11.6 Å². The SMILES string of the molecule is CN(C)C1CCC(Nc2ccnc3ccc(-c4cc(F)c(O)c(Cl)c4)nc23)CC1. The first-order chi connectivity index (χ1) is 13.9. The van der Waals surface area contributed by atoms with Gasteiger partial charge in [0.15, 0.2) is 11.6 Å². The molecule has 0 aliphatic heterocycles. The van der Waals surface area contributed by atoms with Crippen molar-refractivity contribution in [2.24, 2.45) is 0 Å². The van der Waals surface area contributed by atoms with Crippen LogP contribution in [0.2, 0.25) is 5.02 Å². The molecule has 2 N–H and O–H groups in total. The molecule has 0 bridgehead atoms. The zero-order chi connectivity index (χ0) is 20.5. The largest absolute Gasteiger partial charge is 0.504 e. The molecular formula is C22H24ClFN4O. The van der Waals surface area contributed by atoms with Gasteiger partial charge in [0, 0.05) is 23.8 Å². The number of pyridine rings is 2. The standard InChI is InChI=1S/C22H24ClFN4O/c1-28(2)15-5-3-14(4-6-15)26-20-9-10-25-19-8-7-18(27-21(19)20)13-11-16(23)22(29)17(24)12-13/h7-12,14-15,29H,3-6H2,1-2H3,(H,25,26). The van der Waals surface area contributed by atoms with E-state index >= 15 is 0 Å². The van der Waals surface area contributed by atoms with Crippen molar-refractivity contribution in [1.29, 1.82) is 0 Å². The van der Waals surface area contributed by atoms with Crippen molar-refractivity contribution < 1.29 is 9.50 Å². The summed E-state index contributed by atoms with van der Waals surface area (Å²) in [5.74, 6) is -1.31. The molecule has 4 rings (SSSR count). The summed E-state index contributed by atoms with van der Waals surface area (Å²) in [7, 11) is 4.28. The van der Waals surface area contributed by atoms with E-state index in [-0.39, 0.29) is 5.02 Å². The van der Waals surface area contributed by atoms with Gasteiger partial charge in [0.25, 0.3) is 0 Å². The summed E-state index contributed by atoms with van der Waals surface area (Å²) in [4.78, 5) is 11.4. The molecule has 1 fully saturated rings. The number of phenols is 1. The Morgan fingerprint density at radius 3 is 2.59 bits per heavy atom. The van der Waals surface area contributed by atoms with Crippen molar-refractivity contribution in [3.8, 4) is 17.0 Å². The fraction of sp³-hybridized carbons (Fsp3) is 0.364. The van der Waals surface area contributed by atoms with Crippen molar-refractivity contribution in [2.75, 3.05) is 19.4 Å². The van der Waals surface area contributed by atoms with Gasteiger partial charge in [-0.15, -0.1) is 0 Å². The molecule has 3 aromatic rings. The average molecular weight is 415 g/mol. The van der Waals surface area contributed by atoms with Gasteiger partial charge >= 0.3 is 0 Å². The van der Waals surface area contributed by atoms with Crippen LogP contribution >= 0.6 is 11.6 Å². The number of rotatable bonds is 4. The Labute approximate surface area is 174 Å². The summed E-state index contributed by atoms with van der Waals surface area (Å²) in [5, 5.41) is 13.2. The summed E-state index contributed by atoms with van der Waals surface area (Å²) < 4.78 is 13.9. The average Bonchev–Trinajstić information content (AvgIpc) is 2.72. The molecular weight excluding hydrogens is 391 g/mol. The van der Waals surface area contributed by atoms with Crippen LogP contribution in [-0.4, -0.2) is 46.2 Å². The van der Waals surface area contributed by atoms with Gasteiger partial charge < -0.3 is 15.3 Å². The first-order valence-corrected chi connectivity index (χ1v) is 10.2. The third-order valence-electron chi connectivity index (χ3n) is 5.68. The van der Waals surface area contributed by atoms with E-state index in [9.17, 15) is 9.50 Å². The molecule has 5 nitrogen and oxygen atoms in total. The van der Waals surface area contributed by atoms with Crippen LogP contribution in [0.5, 0.6) is 5.75 Å². The molecule has 0 saturated heterocycles. The van der Waals surface area contributed by atoms with Gasteiger partial charge in [-0.25, -0.2) is 9.37 Å². The number of fused-ring (bicyclic) bond motifs is 1. The monoisotopic (exact) mass is 414 g/mol. The maximum Gasteiger partial charge on any atom is 0.170 e. The van der Waals surface area contributed by atoms with Crippen LogP contribution in [0, 0.1) is 5.82 Å². The minimum atomic E-state index is -0.767. The lowest BCUT2D eigenvalue weighted by atomic mass is 9.90. The van der Waals surface area contributed by atoms with Crippen molar-refractivity contribution in [1.82, 2.24) is 14.9 Å². The lowest BCUT2D eigenvalue weighted by Crippen LogP contribution is -2.36. The molecule has 152 valence electrons. The zero-order valence-electron chi connectivity index (χ0n) is 16.5. The fourth-order valence-electron chi connectivity index (χ4n) is 3.97. The quantitative estimate of drug-likeness (QED) is 0.623. The second-order valence-corrected chi connectivity index (χ2v) is 8.23. The Morgan fingerprint density at radius 1 is 1.14 bits per heavy atom. The number of hydrogen-bond donors (Lipinski definition) is 2. The van der Waals surface area contributed by atoms with Crippen LogP contribution in [0.25, 0.3) is 22.3 Å². The Kier molecular flexibility index (Phi) is 5.56. The van der Waals surface area contributed by atoms with Crippen LogP contribution in [0.1, 0.15) is 25.7 Å². The van der Waals surface area contributed by atoms with Gasteiger partial charge in [-0.3, -0.25) is 4.98 Å². The second-order valence-electron chi connectivity index (χ2n) is 7.82. The van der Waals surface area contributed by atoms with E-state index in [0.29, 0.717) is 23.3 Å². The van der Waals surface area contributed by atoms with Gasteiger partial charge in [0.2, 0.25) is 0 Å². The maximum absolute atomic E-state index is 13.9. The summed E-state index contributed by atoms with van der Waals surface area (Å²) in [6.07, 6.45) is 6.31. The third-order valence-corrected chi connectivity index (χ3v) is 5.97. The first-order valence-electron chi connectivity index (χ1n) is 9.79. The number of nitrogens with zero attached hydrogens (tertiary/aromatic N) is 3. The lowest BCUT2D eigenvalue weighted by Gasteiger charge is -2.33. The highest BCUT2D eigenvalue weighted by Crippen LogP contribution is 2.33. The first kappa shape index (κ1) is 19.9. The van der Waals surface area contributed by atoms with Crippen LogP contribution in [0.4, 0.5) is 10.1 Å². The minimum Gasteiger partial charge on any atom is -0.504 e. The Balaban J connectivity index is 1.63. The molecule has 0 amide bonds. The zero-order valence-corrected chi connectivity index (χ0v) is 17.2. The normalized spacial score (nSPS) is 19.6. The highest BCUT2D eigenvalue weighted by Gasteiger charge is 2.23. The van der Waals surface area contributed by atoms with Crippen LogP contribution < -0.4 is 5.32 Å². The van der Waals surface area contributed by atoms with E-state index in [1.807, 2.05) is 12.1 Å². The van der Waals surface area contributed by atoms with E-state index in [4.69, 9.17) is 16.6 Å². The number of anilines is 1. The molecule has 0 spiro atoms. The van der Waals surface area contributed by atoms with E-state index in [1.54, 1.807) is 12.3 Å². The van der Waals surface area contributed by atoms with Gasteiger partial charge in [0.05, 0.1) is 21.9 Å². The molecule has 29 heavy (non-hydrogen) atoms. The number of halogens is 2. The predicted octanol–water partition coefficient (Wildman–Crippen LogP) is 5.08. The molecule has 2 aromatic heterocycles. The van der Waals surface area contributed by atoms with Crippen molar-refractivity contribution in [2.45, 2.75) is 37.8 Å². The van der Waals surface area contributed by atoms with Crippen molar-refractivity contribution >= 4 is 28.3 Å². The molecule has 1 aliphatic carbocycles. The highest BCUT2D eigenvalue weighted by molar-refractivity contribution is 6.32. The molecule has 1 aromatic carbocycles. The smallest absolute Gasteiger partial charge is 0.170 e. The number of phenolic OH excluding ortho intramolecular Hbond substituents is 1. The topological polar surface area (TPSA) is 61.3 Å². The number of benzene rings is 1. The molecule has 1 saturated carbocycles. The number of aromatic hydroxyl groups is 1. The summed E-state index contributed by atoms with van der Waals surface area (Å²) in [6.45, 7) is 0. The molecule has 7 heteroatoms. The van der Waals surface area contributed by atoms with Crippen molar-refractivity contribution in [3.05, 3.63) is 47.4 Å². The maximum atomic E-state index is 13.9. The van der Waals surface area contributed by atoms with E-state index in [1.165, 1.54) is 12.1 Å². The minimum absolute atomic E-state index is 0.0379. The summed E-state index contributed by atoms with van der Waals surface area (Å²) >= 11 is 5.94. The molecule has 0 atom stereocenters. The molecule has 0 unspecified atom stereocenters. The number of hydrogen-bond acceptors (Lipinski definition) is 5. The van der Waals surface area contributed by atoms with E-state index in [2.05, 4.69) is 29.3 Å². The van der Waals surface area contributed by atoms with Crippen molar-refractivity contribution in [3.63, 3.8) is 0 Å². The summed E-state index contributed by atoms with van der Waals surface area (Å²) in [5.41, 5.74) is 3.52. The third kappa shape index (κ3) is 4.14. The van der Waals surface area contributed by atoms with E-state index < -0.39 is 11.6 Å². The fourth-order valence-corrected chi connectivity index (χ4v) is 4.18. The van der Waals surface area contributed by atoms with Gasteiger partial charge in [-0.05, 0) is 70.1 Å². The second kappa shape index (κ2) is 8.13. The number of aromatic nitrogens is 2. The molecule has 0 radical (unpaired) electrons. The van der Waals surface area contributed by atoms with E-state index in [0.717, 1.165) is 42.4 Å². The van der Waals surface area contributed by atoms with Gasteiger partial charge in [-0.2, -0.15) is 0 Å². The summed E-state index contributed by atoms with van der Waals surface area (Å²) in [6, 6.07) is 9.36. The van der Waals surface area contributed by atoms with Gasteiger partial charge in [0.1, 0.15) is 5.52 Å². The Hall–Kier alpha value is -2.44. The highest BCUT2D eigenvalue weighted by atomic mass is 35.5. The Bertz CT molecular complexity index is 1010. The predicted molar refractivity (Wildman–Crippen MR) is 115 cm³/mol. The lowest BCUT2D eigenvalue weighted by molar-refractivity contribution is 0.221. The van der Waals surface area contributed by atoms with Crippen LogP contribution in [0.3, 0.4) is 0 Å². The van der Waals surface area contributed by atoms with Crippen LogP contribution in [0.15, 0.2) is 36.5 Å².